The van der Waals surface area contributed by atoms with Gasteiger partial charge in [-0.3, -0.25) is 4.90 Å². The molecule has 1 atom stereocenters. The Kier molecular flexibility index (Phi) is 3.57. The molecule has 3 nitrogen and oxygen atoms in total. The summed E-state index contributed by atoms with van der Waals surface area (Å²) >= 11 is 0. The van der Waals surface area contributed by atoms with Gasteiger partial charge in [0.2, 0.25) is 0 Å². The van der Waals surface area contributed by atoms with E-state index in [-0.39, 0.29) is 6.10 Å². The lowest BCUT2D eigenvalue weighted by Gasteiger charge is -2.46. The molecule has 0 aromatic rings. The van der Waals surface area contributed by atoms with Gasteiger partial charge in [-0.15, -0.1) is 0 Å². The smallest absolute Gasteiger partial charge is 0.0679 e. The van der Waals surface area contributed by atoms with E-state index in [1.807, 2.05) is 0 Å². The third-order valence-electron chi connectivity index (χ3n) is 4.53. The largest absolute Gasteiger partial charge is 0.392 e. The molecule has 94 valence electrons. The van der Waals surface area contributed by atoms with Crippen molar-refractivity contribution in [1.29, 1.82) is 0 Å². The first-order valence-electron chi connectivity index (χ1n) is 6.68. The van der Waals surface area contributed by atoms with Gasteiger partial charge < -0.3 is 10.0 Å². The van der Waals surface area contributed by atoms with E-state index in [1.54, 1.807) is 0 Å². The molecule has 0 unspecified atom stereocenters. The fraction of sp³-hybridized carbons (Fsp3) is 1.00. The van der Waals surface area contributed by atoms with Crippen molar-refractivity contribution in [3.63, 3.8) is 0 Å². The van der Waals surface area contributed by atoms with Crippen molar-refractivity contribution in [3.8, 4) is 0 Å². The van der Waals surface area contributed by atoms with E-state index in [9.17, 15) is 5.11 Å². The number of likely N-dealkylation sites (tertiary alicyclic amines) is 2. The van der Waals surface area contributed by atoms with Crippen LogP contribution in [0.5, 0.6) is 0 Å². The van der Waals surface area contributed by atoms with Crippen molar-refractivity contribution in [3.05, 3.63) is 0 Å². The highest BCUT2D eigenvalue weighted by Crippen LogP contribution is 2.32. The molecule has 3 heteroatoms. The maximum atomic E-state index is 9.63. The fourth-order valence-electron chi connectivity index (χ4n) is 3.07. The molecule has 2 aliphatic rings. The van der Waals surface area contributed by atoms with E-state index < -0.39 is 0 Å². The van der Waals surface area contributed by atoms with Crippen LogP contribution in [0.3, 0.4) is 0 Å². The quantitative estimate of drug-likeness (QED) is 0.769. The highest BCUT2D eigenvalue weighted by Gasteiger charge is 2.39. The van der Waals surface area contributed by atoms with Gasteiger partial charge in [0, 0.05) is 37.8 Å². The average Bonchev–Trinajstić information content (AvgIpc) is 2.66. The molecule has 16 heavy (non-hydrogen) atoms. The SMILES string of the molecule is CC(C)N1CCC(C)(N2CC[C@H](O)C2)CC1. The topological polar surface area (TPSA) is 26.7 Å². The Balaban J connectivity index is 1.91. The van der Waals surface area contributed by atoms with Crippen molar-refractivity contribution >= 4 is 0 Å². The Morgan fingerprint density at radius 2 is 1.81 bits per heavy atom. The summed E-state index contributed by atoms with van der Waals surface area (Å²) in [6.07, 6.45) is 3.37. The lowest BCUT2D eigenvalue weighted by Crippen LogP contribution is -2.54. The zero-order chi connectivity index (χ0) is 11.8. The minimum Gasteiger partial charge on any atom is -0.392 e. The second kappa shape index (κ2) is 4.63. The summed E-state index contributed by atoms with van der Waals surface area (Å²) in [7, 11) is 0. The van der Waals surface area contributed by atoms with E-state index in [0.29, 0.717) is 11.6 Å². The number of nitrogens with zero attached hydrogens (tertiary/aromatic N) is 2. The maximum Gasteiger partial charge on any atom is 0.0679 e. The van der Waals surface area contributed by atoms with Crippen LogP contribution in [0.4, 0.5) is 0 Å². The van der Waals surface area contributed by atoms with E-state index in [4.69, 9.17) is 0 Å². The Morgan fingerprint density at radius 3 is 2.25 bits per heavy atom. The molecule has 0 radical (unpaired) electrons. The van der Waals surface area contributed by atoms with Crippen LogP contribution in [0.25, 0.3) is 0 Å². The zero-order valence-electron chi connectivity index (χ0n) is 10.9. The van der Waals surface area contributed by atoms with Gasteiger partial charge in [0.15, 0.2) is 0 Å². The van der Waals surface area contributed by atoms with Gasteiger partial charge in [0.05, 0.1) is 6.10 Å². The summed E-state index contributed by atoms with van der Waals surface area (Å²) in [5.74, 6) is 0. The molecular weight excluding hydrogens is 200 g/mol. The van der Waals surface area contributed by atoms with Crippen LogP contribution in [-0.4, -0.2) is 58.8 Å². The van der Waals surface area contributed by atoms with E-state index >= 15 is 0 Å². The Bertz CT molecular complexity index is 234. The minimum absolute atomic E-state index is 0.0834. The van der Waals surface area contributed by atoms with Crippen LogP contribution in [-0.2, 0) is 0 Å². The molecule has 0 aromatic heterocycles. The molecule has 0 amide bonds. The van der Waals surface area contributed by atoms with Crippen molar-refractivity contribution in [1.82, 2.24) is 9.80 Å². The molecule has 0 aromatic carbocycles. The summed E-state index contributed by atoms with van der Waals surface area (Å²) in [4.78, 5) is 5.07. The third kappa shape index (κ3) is 2.41. The molecular formula is C13H26N2O. The van der Waals surface area contributed by atoms with Gasteiger partial charge in [0.25, 0.3) is 0 Å². The molecule has 1 N–H and O–H groups in total. The van der Waals surface area contributed by atoms with E-state index in [1.165, 1.54) is 25.9 Å². The summed E-state index contributed by atoms with van der Waals surface area (Å²) in [6.45, 7) is 11.3. The first-order chi connectivity index (χ1) is 7.51. The number of hydrogen-bond acceptors (Lipinski definition) is 3. The second-order valence-corrected chi connectivity index (χ2v) is 6.02. The van der Waals surface area contributed by atoms with Gasteiger partial charge in [-0.25, -0.2) is 0 Å². The molecule has 2 rings (SSSR count). The Labute approximate surface area is 99.4 Å². The molecule has 0 bridgehead atoms. The number of β-amino-alcohol motifs (C(OH)–C–C–N with tert-alkyl or cyclic N) is 1. The summed E-state index contributed by atoms with van der Waals surface area (Å²) in [5.41, 5.74) is 0.336. The molecule has 2 aliphatic heterocycles. The first-order valence-corrected chi connectivity index (χ1v) is 6.68. The van der Waals surface area contributed by atoms with Gasteiger partial charge in [-0.1, -0.05) is 0 Å². The number of rotatable bonds is 2. The van der Waals surface area contributed by atoms with Crippen LogP contribution >= 0.6 is 0 Å². The summed E-state index contributed by atoms with van der Waals surface area (Å²) in [5, 5.41) is 9.63. The van der Waals surface area contributed by atoms with E-state index in [0.717, 1.165) is 19.5 Å². The molecule has 2 heterocycles. The molecule has 0 spiro atoms. The van der Waals surface area contributed by atoms with Crippen LogP contribution < -0.4 is 0 Å². The Morgan fingerprint density at radius 1 is 1.19 bits per heavy atom. The highest BCUT2D eigenvalue weighted by atomic mass is 16.3. The van der Waals surface area contributed by atoms with Crippen molar-refractivity contribution < 1.29 is 5.11 Å². The van der Waals surface area contributed by atoms with Gasteiger partial charge in [0.1, 0.15) is 0 Å². The first kappa shape index (κ1) is 12.3. The zero-order valence-corrected chi connectivity index (χ0v) is 10.9. The van der Waals surface area contributed by atoms with Crippen molar-refractivity contribution in [2.45, 2.75) is 57.7 Å². The predicted octanol–water partition coefficient (Wildman–Crippen LogP) is 1.32. The maximum absolute atomic E-state index is 9.63. The lowest BCUT2D eigenvalue weighted by molar-refractivity contribution is 0.0316. The van der Waals surface area contributed by atoms with Crippen LogP contribution in [0, 0.1) is 0 Å². The van der Waals surface area contributed by atoms with Crippen molar-refractivity contribution in [2.75, 3.05) is 26.2 Å². The number of piperidine rings is 1. The van der Waals surface area contributed by atoms with Gasteiger partial charge >= 0.3 is 0 Å². The van der Waals surface area contributed by atoms with Crippen LogP contribution in [0.2, 0.25) is 0 Å². The van der Waals surface area contributed by atoms with Crippen molar-refractivity contribution in [2.24, 2.45) is 0 Å². The van der Waals surface area contributed by atoms with Crippen LogP contribution in [0.15, 0.2) is 0 Å². The van der Waals surface area contributed by atoms with Gasteiger partial charge in [-0.05, 0) is 40.0 Å². The summed E-state index contributed by atoms with van der Waals surface area (Å²) in [6, 6.07) is 0.675. The minimum atomic E-state index is -0.0834. The number of aliphatic hydroxyl groups excluding tert-OH is 1. The molecule has 0 aliphatic carbocycles. The number of hydrogen-bond donors (Lipinski definition) is 1. The van der Waals surface area contributed by atoms with Crippen LogP contribution in [0.1, 0.15) is 40.0 Å². The standard InChI is InChI=1S/C13H26N2O/c1-11(2)14-8-5-13(3,6-9-14)15-7-4-12(16)10-15/h11-12,16H,4-10H2,1-3H3/t12-/m0/s1. The van der Waals surface area contributed by atoms with E-state index in [2.05, 4.69) is 30.6 Å². The predicted molar refractivity (Wildman–Crippen MR) is 66.5 cm³/mol. The lowest BCUT2D eigenvalue weighted by atomic mass is 9.87. The third-order valence-corrected chi connectivity index (χ3v) is 4.53. The summed E-state index contributed by atoms with van der Waals surface area (Å²) < 4.78 is 0. The second-order valence-electron chi connectivity index (χ2n) is 6.02. The molecule has 2 fully saturated rings. The van der Waals surface area contributed by atoms with Gasteiger partial charge in [-0.2, -0.15) is 0 Å². The molecule has 0 saturated carbocycles. The fourth-order valence-corrected chi connectivity index (χ4v) is 3.07. The average molecular weight is 226 g/mol. The Hall–Kier alpha value is -0.120. The number of aliphatic hydroxyl groups is 1. The molecule has 2 saturated heterocycles. The normalized spacial score (nSPS) is 32.4. The monoisotopic (exact) mass is 226 g/mol. The highest BCUT2D eigenvalue weighted by molar-refractivity contribution is 4.95.